The number of hydrogen-bond acceptors (Lipinski definition) is 6. The number of benzene rings is 1. The predicted molar refractivity (Wildman–Crippen MR) is 109 cm³/mol. The third-order valence-electron chi connectivity index (χ3n) is 4.51. The molecule has 3 aromatic rings. The van der Waals surface area contributed by atoms with Crippen molar-refractivity contribution in [1.29, 1.82) is 0 Å². The number of anilines is 3. The number of aromatic nitrogens is 3. The average Bonchev–Trinajstić information content (AvgIpc) is 2.72. The molecule has 0 fully saturated rings. The average molecular weight is 417 g/mol. The third kappa shape index (κ3) is 5.24. The highest BCUT2D eigenvalue weighted by Crippen LogP contribution is 2.36. The first-order valence-electron chi connectivity index (χ1n) is 9.38. The van der Waals surface area contributed by atoms with Crippen LogP contribution >= 0.6 is 0 Å². The molecule has 0 bridgehead atoms. The summed E-state index contributed by atoms with van der Waals surface area (Å²) in [4.78, 5) is 12.8. The number of para-hydroxylation sites is 1. The van der Waals surface area contributed by atoms with Crippen molar-refractivity contribution in [2.75, 3.05) is 17.2 Å². The number of aliphatic hydroxyl groups is 1. The molecule has 3 N–H and O–H groups in total. The molecule has 1 aromatic carbocycles. The van der Waals surface area contributed by atoms with Crippen LogP contribution < -0.4 is 10.6 Å². The summed E-state index contributed by atoms with van der Waals surface area (Å²) in [7, 11) is 0. The van der Waals surface area contributed by atoms with Crippen LogP contribution in [0.3, 0.4) is 0 Å². The molecule has 0 amide bonds. The Balaban J connectivity index is 2.03. The summed E-state index contributed by atoms with van der Waals surface area (Å²) in [5.74, 6) is 0.478. The van der Waals surface area contributed by atoms with Crippen molar-refractivity contribution in [3.63, 3.8) is 0 Å². The minimum Gasteiger partial charge on any atom is -0.394 e. The van der Waals surface area contributed by atoms with Gasteiger partial charge in [0, 0.05) is 24.0 Å². The second-order valence-electron chi connectivity index (χ2n) is 7.04. The number of nitrogens with zero attached hydrogens (tertiary/aromatic N) is 3. The summed E-state index contributed by atoms with van der Waals surface area (Å²) in [6.07, 6.45) is -1.31. The van der Waals surface area contributed by atoms with E-state index in [9.17, 15) is 18.3 Å². The molecule has 0 aliphatic carbocycles. The van der Waals surface area contributed by atoms with E-state index in [0.717, 1.165) is 11.6 Å². The zero-order valence-corrected chi connectivity index (χ0v) is 16.5. The summed E-state index contributed by atoms with van der Waals surface area (Å²) in [6.45, 7) is 3.72. The Morgan fingerprint density at radius 2 is 1.73 bits per heavy atom. The maximum Gasteiger partial charge on any atom is 0.418 e. The van der Waals surface area contributed by atoms with Gasteiger partial charge in [0.05, 0.1) is 29.6 Å². The molecule has 158 valence electrons. The first kappa shape index (κ1) is 21.5. The number of nitrogens with one attached hydrogen (secondary N) is 2. The van der Waals surface area contributed by atoms with Crippen LogP contribution in [0, 0.1) is 5.92 Å². The van der Waals surface area contributed by atoms with Crippen LogP contribution in [0.2, 0.25) is 0 Å². The quantitative estimate of drug-likeness (QED) is 0.516. The zero-order valence-electron chi connectivity index (χ0n) is 16.5. The van der Waals surface area contributed by atoms with Crippen LogP contribution in [0.4, 0.5) is 30.6 Å². The molecule has 0 aliphatic rings. The highest BCUT2D eigenvalue weighted by atomic mass is 19.4. The third-order valence-corrected chi connectivity index (χ3v) is 4.51. The highest BCUT2D eigenvalue weighted by molar-refractivity contribution is 5.68. The lowest BCUT2D eigenvalue weighted by Gasteiger charge is -2.21. The molecule has 1 atom stereocenters. The molecule has 30 heavy (non-hydrogen) atoms. The minimum absolute atomic E-state index is 0.0885. The van der Waals surface area contributed by atoms with Gasteiger partial charge in [-0.3, -0.25) is 4.98 Å². The highest BCUT2D eigenvalue weighted by Gasteiger charge is 2.33. The van der Waals surface area contributed by atoms with Gasteiger partial charge in [-0.05, 0) is 30.2 Å². The maximum absolute atomic E-state index is 13.4. The van der Waals surface area contributed by atoms with Gasteiger partial charge < -0.3 is 15.7 Å². The van der Waals surface area contributed by atoms with Gasteiger partial charge in [0.25, 0.3) is 0 Å². The Hall–Kier alpha value is -3.20. The standard InChI is InChI=1S/C21H22F3N5O/c1-13(2)18(12-30)28-20-27-17(14-7-9-25-10-8-14)11-19(29-20)26-16-6-4-3-5-15(16)21(22,23)24/h3-11,13,18,30H,12H2,1-2H3,(H2,26,27,28,29)/t18-/m1/s1. The van der Waals surface area contributed by atoms with E-state index >= 15 is 0 Å². The lowest BCUT2D eigenvalue weighted by molar-refractivity contribution is -0.136. The summed E-state index contributed by atoms with van der Waals surface area (Å²) in [5, 5.41) is 15.4. The van der Waals surface area contributed by atoms with Crippen molar-refractivity contribution in [3.05, 3.63) is 60.4 Å². The van der Waals surface area contributed by atoms with E-state index in [2.05, 4.69) is 25.6 Å². The number of alkyl halides is 3. The molecule has 0 aliphatic heterocycles. The van der Waals surface area contributed by atoms with Crippen LogP contribution in [-0.4, -0.2) is 32.7 Å². The largest absolute Gasteiger partial charge is 0.418 e. The van der Waals surface area contributed by atoms with Crippen molar-refractivity contribution in [2.24, 2.45) is 5.92 Å². The Kier molecular flexibility index (Phi) is 6.51. The molecule has 2 heterocycles. The van der Waals surface area contributed by atoms with Crippen LogP contribution in [0.5, 0.6) is 0 Å². The van der Waals surface area contributed by atoms with Crippen molar-refractivity contribution >= 4 is 17.5 Å². The number of hydrogen-bond donors (Lipinski definition) is 3. The van der Waals surface area contributed by atoms with E-state index in [-0.39, 0.29) is 36.0 Å². The molecule has 6 nitrogen and oxygen atoms in total. The molecular formula is C21H22F3N5O. The first-order valence-corrected chi connectivity index (χ1v) is 9.38. The Morgan fingerprint density at radius 1 is 1.03 bits per heavy atom. The van der Waals surface area contributed by atoms with Crippen molar-refractivity contribution in [3.8, 4) is 11.3 Å². The number of rotatable bonds is 7. The van der Waals surface area contributed by atoms with Gasteiger partial charge in [-0.15, -0.1) is 0 Å². The summed E-state index contributed by atoms with van der Waals surface area (Å²) in [6, 6.07) is 9.93. The molecule has 3 rings (SSSR count). The zero-order chi connectivity index (χ0) is 21.7. The number of halogens is 3. The van der Waals surface area contributed by atoms with E-state index in [1.807, 2.05) is 13.8 Å². The summed E-state index contributed by atoms with van der Waals surface area (Å²) < 4.78 is 40.1. The van der Waals surface area contributed by atoms with Crippen LogP contribution in [-0.2, 0) is 6.18 Å². The van der Waals surface area contributed by atoms with E-state index in [0.29, 0.717) is 5.69 Å². The van der Waals surface area contributed by atoms with Gasteiger partial charge in [-0.2, -0.15) is 18.2 Å². The predicted octanol–water partition coefficient (Wildman–Crippen LogP) is 4.73. The number of pyridine rings is 1. The van der Waals surface area contributed by atoms with E-state index in [1.54, 1.807) is 30.6 Å². The lowest BCUT2D eigenvalue weighted by atomic mass is 10.1. The van der Waals surface area contributed by atoms with Gasteiger partial charge >= 0.3 is 6.18 Å². The summed E-state index contributed by atoms with van der Waals surface area (Å²) >= 11 is 0. The fourth-order valence-corrected chi connectivity index (χ4v) is 2.81. The molecule has 9 heteroatoms. The monoisotopic (exact) mass is 417 g/mol. The molecule has 0 spiro atoms. The van der Waals surface area contributed by atoms with Crippen molar-refractivity contribution in [2.45, 2.75) is 26.1 Å². The van der Waals surface area contributed by atoms with Crippen LogP contribution in [0.15, 0.2) is 54.9 Å². The molecule has 0 saturated heterocycles. The molecule has 0 unspecified atom stereocenters. The summed E-state index contributed by atoms with van der Waals surface area (Å²) in [5.41, 5.74) is 0.326. The van der Waals surface area contributed by atoms with Gasteiger partial charge in [0.15, 0.2) is 0 Å². The van der Waals surface area contributed by atoms with E-state index in [4.69, 9.17) is 0 Å². The molecular weight excluding hydrogens is 395 g/mol. The topological polar surface area (TPSA) is 83.0 Å². The second kappa shape index (κ2) is 9.08. The van der Waals surface area contributed by atoms with Gasteiger partial charge in [0.2, 0.25) is 5.95 Å². The molecule has 0 saturated carbocycles. The normalized spacial score (nSPS) is 12.6. The van der Waals surface area contributed by atoms with Crippen molar-refractivity contribution in [1.82, 2.24) is 15.0 Å². The van der Waals surface area contributed by atoms with E-state index < -0.39 is 11.7 Å². The van der Waals surface area contributed by atoms with Crippen molar-refractivity contribution < 1.29 is 18.3 Å². The fraction of sp³-hybridized carbons (Fsp3) is 0.286. The molecule has 0 radical (unpaired) electrons. The Morgan fingerprint density at radius 3 is 2.37 bits per heavy atom. The SMILES string of the molecule is CC(C)[C@@H](CO)Nc1nc(Nc2ccccc2C(F)(F)F)cc(-c2ccncc2)n1. The Labute approximate surface area is 172 Å². The Bertz CT molecular complexity index is 980. The smallest absolute Gasteiger partial charge is 0.394 e. The van der Waals surface area contributed by atoms with Gasteiger partial charge in [0.1, 0.15) is 5.82 Å². The van der Waals surface area contributed by atoms with Gasteiger partial charge in [-0.25, -0.2) is 4.98 Å². The van der Waals surface area contributed by atoms with Crippen LogP contribution in [0.1, 0.15) is 19.4 Å². The van der Waals surface area contributed by atoms with Crippen LogP contribution in [0.25, 0.3) is 11.3 Å². The first-order chi connectivity index (χ1) is 14.3. The van der Waals surface area contributed by atoms with Gasteiger partial charge in [-0.1, -0.05) is 26.0 Å². The second-order valence-corrected chi connectivity index (χ2v) is 7.04. The van der Waals surface area contributed by atoms with E-state index in [1.165, 1.54) is 18.2 Å². The number of aliphatic hydroxyl groups excluding tert-OH is 1. The maximum atomic E-state index is 13.4. The minimum atomic E-state index is -4.51. The lowest BCUT2D eigenvalue weighted by Crippen LogP contribution is -2.30. The fourth-order valence-electron chi connectivity index (χ4n) is 2.81. The molecule has 2 aromatic heterocycles.